The summed E-state index contributed by atoms with van der Waals surface area (Å²) in [5, 5.41) is 63.0. The summed E-state index contributed by atoms with van der Waals surface area (Å²) in [6.45, 7) is 9.37. The van der Waals surface area contributed by atoms with Gasteiger partial charge in [-0.3, -0.25) is 28.8 Å². The van der Waals surface area contributed by atoms with Crippen molar-refractivity contribution in [1.82, 2.24) is 31.9 Å². The summed E-state index contributed by atoms with van der Waals surface area (Å²) < 4.78 is 0. The molecule has 0 aliphatic heterocycles. The number of nitrogens with two attached hydrogens (primary N) is 1. The fourth-order valence-corrected chi connectivity index (χ4v) is 5.07. The number of rotatable bonds is 22. The number of carbonyl (C=O) groups is 7. The number of phenols is 1. The normalized spacial score (nSPS) is 15.8. The second-order valence-electron chi connectivity index (χ2n) is 14.2. The van der Waals surface area contributed by atoms with Crippen molar-refractivity contribution < 1.29 is 59.1 Å². The van der Waals surface area contributed by atoms with E-state index in [1.54, 1.807) is 41.5 Å². The summed E-state index contributed by atoms with van der Waals surface area (Å²) >= 11 is 0. The summed E-state index contributed by atoms with van der Waals surface area (Å²) in [5.74, 6) is -8.11. The van der Waals surface area contributed by atoms with Crippen LogP contribution in [0.1, 0.15) is 60.5 Å². The first-order valence-corrected chi connectivity index (χ1v) is 17.6. The van der Waals surface area contributed by atoms with Crippen molar-refractivity contribution in [2.45, 2.75) is 110 Å². The summed E-state index contributed by atoms with van der Waals surface area (Å²) in [6, 6.07) is -4.02. The molecule has 1 rings (SSSR count). The van der Waals surface area contributed by atoms with E-state index in [0.29, 0.717) is 5.56 Å². The van der Waals surface area contributed by atoms with Crippen LogP contribution < -0.4 is 37.6 Å². The highest BCUT2D eigenvalue weighted by molar-refractivity contribution is 5.97. The van der Waals surface area contributed by atoms with Crippen LogP contribution in [0.2, 0.25) is 0 Å². The third kappa shape index (κ3) is 15.2. The largest absolute Gasteiger partial charge is 0.508 e. The van der Waals surface area contributed by atoms with Gasteiger partial charge in [-0.1, -0.05) is 53.7 Å². The van der Waals surface area contributed by atoms with Gasteiger partial charge in [0, 0.05) is 6.42 Å². The number of aliphatic carboxylic acids is 1. The van der Waals surface area contributed by atoms with E-state index >= 15 is 0 Å². The molecule has 0 aliphatic carbocycles. The van der Waals surface area contributed by atoms with Gasteiger partial charge in [0.25, 0.3) is 0 Å². The van der Waals surface area contributed by atoms with Gasteiger partial charge in [0.05, 0.1) is 19.3 Å². The summed E-state index contributed by atoms with van der Waals surface area (Å²) in [6.07, 6.45) is -1.54. The quantitative estimate of drug-likeness (QED) is 0.0560. The molecule has 8 atom stereocenters. The highest BCUT2D eigenvalue weighted by atomic mass is 16.4. The van der Waals surface area contributed by atoms with Gasteiger partial charge in [-0.25, -0.2) is 4.79 Å². The second kappa shape index (κ2) is 22.4. The molecule has 0 aromatic heterocycles. The van der Waals surface area contributed by atoms with Crippen molar-refractivity contribution in [3.8, 4) is 5.75 Å². The van der Waals surface area contributed by atoms with Crippen molar-refractivity contribution in [1.29, 1.82) is 0 Å². The van der Waals surface area contributed by atoms with Gasteiger partial charge >= 0.3 is 5.97 Å². The highest BCUT2D eigenvalue weighted by Crippen LogP contribution is 2.13. The highest BCUT2D eigenvalue weighted by Gasteiger charge is 2.36. The molecule has 0 aliphatic rings. The van der Waals surface area contributed by atoms with Gasteiger partial charge in [0.2, 0.25) is 35.4 Å². The van der Waals surface area contributed by atoms with Crippen LogP contribution in [0, 0.1) is 17.8 Å². The number of amides is 6. The lowest BCUT2D eigenvalue weighted by atomic mass is 9.98. The predicted molar refractivity (Wildman–Crippen MR) is 194 cm³/mol. The number of aliphatic hydroxyl groups excluding tert-OH is 3. The molecule has 304 valence electrons. The lowest BCUT2D eigenvalue weighted by Crippen LogP contribution is -2.63. The molecule has 0 bridgehead atoms. The van der Waals surface area contributed by atoms with E-state index in [4.69, 9.17) is 5.73 Å². The molecular weight excluding hydrogens is 710 g/mol. The molecule has 0 fully saturated rings. The summed E-state index contributed by atoms with van der Waals surface area (Å²) in [7, 11) is 0. The van der Waals surface area contributed by atoms with Crippen molar-refractivity contribution in [2.24, 2.45) is 23.5 Å². The molecule has 19 nitrogen and oxygen atoms in total. The molecule has 13 N–H and O–H groups in total. The van der Waals surface area contributed by atoms with Gasteiger partial charge in [-0.05, 0) is 48.8 Å². The average Bonchev–Trinajstić information content (AvgIpc) is 3.09. The number of aromatic hydroxyl groups is 1. The van der Waals surface area contributed by atoms with E-state index in [9.17, 15) is 59.1 Å². The maximum absolute atomic E-state index is 13.7. The molecule has 19 heteroatoms. The number of aliphatic hydroxyl groups is 3. The fraction of sp³-hybridized carbons (Fsp3) is 0.629. The number of hydrogen-bond donors (Lipinski definition) is 12. The Kier molecular flexibility index (Phi) is 19.6. The number of carboxylic acid groups (broad SMARTS) is 1. The van der Waals surface area contributed by atoms with Crippen LogP contribution in [-0.4, -0.2) is 129 Å². The van der Waals surface area contributed by atoms with Crippen LogP contribution in [0.25, 0.3) is 0 Å². The Morgan fingerprint density at radius 1 is 0.593 bits per heavy atom. The first kappa shape index (κ1) is 47.2. The van der Waals surface area contributed by atoms with E-state index < -0.39 is 115 Å². The molecule has 0 heterocycles. The Morgan fingerprint density at radius 2 is 1.04 bits per heavy atom. The maximum atomic E-state index is 13.7. The minimum absolute atomic E-state index is 0.0292. The Bertz CT molecular complexity index is 1440. The van der Waals surface area contributed by atoms with Gasteiger partial charge in [0.1, 0.15) is 48.0 Å². The average molecular weight is 768 g/mol. The molecule has 6 amide bonds. The molecule has 0 spiro atoms. The Morgan fingerprint density at radius 3 is 1.50 bits per heavy atom. The monoisotopic (exact) mass is 767 g/mol. The lowest BCUT2D eigenvalue weighted by molar-refractivity contribution is -0.144. The van der Waals surface area contributed by atoms with Crippen LogP contribution in [0.15, 0.2) is 24.3 Å². The molecule has 0 radical (unpaired) electrons. The summed E-state index contributed by atoms with van der Waals surface area (Å²) in [4.78, 5) is 90.8. The Balaban J connectivity index is 3.23. The van der Waals surface area contributed by atoms with E-state index in [2.05, 4.69) is 31.9 Å². The zero-order chi connectivity index (χ0) is 41.4. The van der Waals surface area contributed by atoms with E-state index in [1.165, 1.54) is 31.2 Å². The topological polar surface area (TPSA) is 319 Å². The predicted octanol–water partition coefficient (Wildman–Crippen LogP) is -3.02. The lowest BCUT2D eigenvalue weighted by Gasteiger charge is -2.30. The fourth-order valence-electron chi connectivity index (χ4n) is 5.07. The maximum Gasteiger partial charge on any atom is 0.326 e. The van der Waals surface area contributed by atoms with E-state index in [-0.39, 0.29) is 24.5 Å². The Labute approximate surface area is 314 Å². The standard InChI is InChI=1S/C35H57N7O12/c1-16(2)12-23(38-30(48)24(37-29(47)22(36)14-43)13-20-8-10-21(46)11-9-20)31(49)40-26(17(3)4)33(51)42-28(19(7)45)34(52)39-25(15-44)32(50)41-27(18(5)6)35(53)54/h8-11,16-19,22-28,43-46H,12-15,36H2,1-7H3,(H,37,47)(H,38,48)(H,39,52)(H,40,49)(H,41,50)(H,42,51)(H,53,54)/t19-,22+,23+,24+,25+,26+,27+,28+/m1/s1. The van der Waals surface area contributed by atoms with Crippen LogP contribution >= 0.6 is 0 Å². The summed E-state index contributed by atoms with van der Waals surface area (Å²) in [5.41, 5.74) is 6.18. The molecular formula is C35H57N7O12. The van der Waals surface area contributed by atoms with Gasteiger partial charge in [-0.2, -0.15) is 0 Å². The number of hydrogen-bond acceptors (Lipinski definition) is 12. The number of carbonyl (C=O) groups excluding carboxylic acids is 6. The molecule has 0 unspecified atom stereocenters. The zero-order valence-electron chi connectivity index (χ0n) is 31.7. The van der Waals surface area contributed by atoms with Crippen LogP contribution in [-0.2, 0) is 40.0 Å². The molecule has 1 aromatic carbocycles. The zero-order valence-corrected chi connectivity index (χ0v) is 31.7. The number of phenolic OH excluding ortho intramolecular Hbond substituents is 1. The van der Waals surface area contributed by atoms with Gasteiger partial charge < -0.3 is 63.2 Å². The minimum Gasteiger partial charge on any atom is -0.508 e. The number of nitrogens with one attached hydrogen (secondary N) is 6. The van der Waals surface area contributed by atoms with Crippen LogP contribution in [0.4, 0.5) is 0 Å². The molecule has 0 saturated carbocycles. The van der Waals surface area contributed by atoms with Crippen molar-refractivity contribution in [2.75, 3.05) is 13.2 Å². The molecule has 0 saturated heterocycles. The minimum atomic E-state index is -1.70. The smallest absolute Gasteiger partial charge is 0.326 e. The third-order valence-electron chi connectivity index (χ3n) is 8.24. The van der Waals surface area contributed by atoms with E-state index in [1.807, 2.05) is 0 Å². The van der Waals surface area contributed by atoms with Gasteiger partial charge in [0.15, 0.2) is 0 Å². The van der Waals surface area contributed by atoms with Crippen molar-refractivity contribution >= 4 is 41.4 Å². The van der Waals surface area contributed by atoms with E-state index in [0.717, 1.165) is 0 Å². The van der Waals surface area contributed by atoms with Crippen molar-refractivity contribution in [3.05, 3.63) is 29.8 Å². The third-order valence-corrected chi connectivity index (χ3v) is 8.24. The first-order valence-electron chi connectivity index (χ1n) is 17.6. The van der Waals surface area contributed by atoms with Crippen LogP contribution in [0.3, 0.4) is 0 Å². The first-order chi connectivity index (χ1) is 25.1. The Hall–Kier alpha value is -4.85. The van der Waals surface area contributed by atoms with Crippen molar-refractivity contribution in [3.63, 3.8) is 0 Å². The second-order valence-corrected chi connectivity index (χ2v) is 14.2. The number of benzene rings is 1. The number of carboxylic acids is 1. The van der Waals surface area contributed by atoms with Gasteiger partial charge in [-0.15, -0.1) is 0 Å². The SMILES string of the molecule is CC(C)C[C@H](NC(=O)[C@H](Cc1ccc(O)cc1)NC(=O)[C@@H](N)CO)C(=O)N[C@H](C(=O)N[C@H](C(=O)N[C@@H](CO)C(=O)N[C@H](C(=O)O)C(C)C)[C@@H](C)O)C(C)C. The molecule has 54 heavy (non-hydrogen) atoms. The molecule has 1 aromatic rings. The van der Waals surface area contributed by atoms with Crippen LogP contribution in [0.5, 0.6) is 5.75 Å².